The Bertz CT molecular complexity index is 1050. The number of hydrogen-bond acceptors (Lipinski definition) is 6. The number of nitrogens with zero attached hydrogens (tertiary/aromatic N) is 1. The van der Waals surface area contributed by atoms with Crippen LogP contribution >= 0.6 is 0 Å². The number of carbonyl (C=O) groups excluding carboxylic acids is 3. The maximum Gasteiger partial charge on any atom is 0.338 e. The molecule has 1 heterocycles. The molecule has 33 heavy (non-hydrogen) atoms. The Morgan fingerprint density at radius 1 is 1.21 bits per heavy atom. The van der Waals surface area contributed by atoms with E-state index in [-0.39, 0.29) is 27.3 Å². The zero-order valence-corrected chi connectivity index (χ0v) is 20.6. The first-order valence-corrected chi connectivity index (χ1v) is 12.6. The highest BCUT2D eigenvalue weighted by Gasteiger charge is 2.53. The van der Waals surface area contributed by atoms with Gasteiger partial charge in [-0.15, -0.1) is 0 Å². The molecular weight excluding hydrogens is 446 g/mol. The summed E-state index contributed by atoms with van der Waals surface area (Å²) in [6.07, 6.45) is 1.35. The number of rotatable bonds is 6. The first kappa shape index (κ1) is 25.2. The fourth-order valence-corrected chi connectivity index (χ4v) is 7.13. The van der Waals surface area contributed by atoms with Crippen LogP contribution in [0.25, 0.3) is 0 Å². The van der Waals surface area contributed by atoms with Crippen molar-refractivity contribution in [2.75, 3.05) is 13.1 Å². The molecule has 0 unspecified atom stereocenters. The lowest BCUT2D eigenvalue weighted by Gasteiger charge is -2.39. The monoisotopic (exact) mass is 479 g/mol. The first-order chi connectivity index (χ1) is 15.3. The van der Waals surface area contributed by atoms with Gasteiger partial charge in [-0.2, -0.15) is 4.31 Å². The van der Waals surface area contributed by atoms with Crippen LogP contribution in [0.2, 0.25) is 0 Å². The Morgan fingerprint density at radius 3 is 2.58 bits per heavy atom. The van der Waals surface area contributed by atoms with Crippen LogP contribution in [0.4, 0.5) is 4.79 Å². The van der Waals surface area contributed by atoms with Crippen LogP contribution in [-0.4, -0.2) is 55.9 Å². The number of sulfonamides is 1. The standard InChI is InChI=1S/C23H33N3O6S/c1-6-24-21(29)25-19(27)15(2)32-20(28)16-8-7-9-18(10-16)33(30,31)26-14-23(5)12-17(26)11-22(3,4)13-23/h7-10,15,17H,6,11-14H2,1-5H3,(H2,24,25,27,29)/t15-,17-,23+/m1/s1. The molecule has 1 saturated heterocycles. The van der Waals surface area contributed by atoms with Crippen molar-refractivity contribution in [3.63, 3.8) is 0 Å². The Kier molecular flexibility index (Phi) is 6.91. The van der Waals surface area contributed by atoms with Gasteiger partial charge in [-0.1, -0.05) is 26.8 Å². The van der Waals surface area contributed by atoms with Crippen LogP contribution in [0.15, 0.2) is 29.2 Å². The van der Waals surface area contributed by atoms with Crippen LogP contribution in [0, 0.1) is 10.8 Å². The van der Waals surface area contributed by atoms with Crippen LogP contribution in [0.1, 0.15) is 64.2 Å². The summed E-state index contributed by atoms with van der Waals surface area (Å²) in [5.74, 6) is -1.63. The van der Waals surface area contributed by atoms with Gasteiger partial charge < -0.3 is 10.1 Å². The van der Waals surface area contributed by atoms with Crippen molar-refractivity contribution >= 4 is 27.9 Å². The number of amides is 3. The molecule has 0 spiro atoms. The lowest BCUT2D eigenvalue weighted by atomic mass is 9.65. The van der Waals surface area contributed by atoms with Gasteiger partial charge in [0.15, 0.2) is 6.10 Å². The summed E-state index contributed by atoms with van der Waals surface area (Å²) in [5.41, 5.74) is 0.0174. The highest BCUT2D eigenvalue weighted by molar-refractivity contribution is 7.89. The van der Waals surface area contributed by atoms with E-state index in [2.05, 4.69) is 31.4 Å². The van der Waals surface area contributed by atoms with E-state index in [0.29, 0.717) is 13.1 Å². The zero-order chi connectivity index (χ0) is 24.6. The predicted octanol–water partition coefficient (Wildman–Crippen LogP) is 2.67. The van der Waals surface area contributed by atoms with Gasteiger partial charge in [-0.05, 0) is 62.1 Å². The van der Waals surface area contributed by atoms with Gasteiger partial charge in [0.1, 0.15) is 0 Å². The highest BCUT2D eigenvalue weighted by Crippen LogP contribution is 2.53. The van der Waals surface area contributed by atoms with Gasteiger partial charge in [0.2, 0.25) is 10.0 Å². The van der Waals surface area contributed by atoms with E-state index in [1.54, 1.807) is 11.2 Å². The molecule has 1 aromatic rings. The molecule has 2 fully saturated rings. The van der Waals surface area contributed by atoms with Gasteiger partial charge in [0.25, 0.3) is 5.91 Å². The summed E-state index contributed by atoms with van der Waals surface area (Å²) in [5, 5.41) is 4.48. The number of urea groups is 1. The van der Waals surface area contributed by atoms with Crippen LogP contribution < -0.4 is 10.6 Å². The van der Waals surface area contributed by atoms with Crippen molar-refractivity contribution in [1.29, 1.82) is 0 Å². The molecule has 1 saturated carbocycles. The van der Waals surface area contributed by atoms with E-state index in [9.17, 15) is 22.8 Å². The van der Waals surface area contributed by atoms with E-state index in [0.717, 1.165) is 19.3 Å². The maximum absolute atomic E-state index is 13.5. The molecule has 3 atom stereocenters. The number of benzene rings is 1. The fraction of sp³-hybridized carbons (Fsp3) is 0.609. The Morgan fingerprint density at radius 2 is 1.91 bits per heavy atom. The SMILES string of the molecule is CCNC(=O)NC(=O)[C@@H](C)OC(=O)c1cccc(S(=O)(=O)N2C[C@@]3(C)C[C@H]2CC(C)(C)C3)c1. The summed E-state index contributed by atoms with van der Waals surface area (Å²) in [6, 6.07) is 4.90. The van der Waals surface area contributed by atoms with Crippen LogP contribution in [0.3, 0.4) is 0 Å². The smallest absolute Gasteiger partial charge is 0.338 e. The van der Waals surface area contributed by atoms with E-state index >= 15 is 0 Å². The molecule has 0 radical (unpaired) electrons. The molecule has 9 nitrogen and oxygen atoms in total. The van der Waals surface area contributed by atoms with Crippen molar-refractivity contribution < 1.29 is 27.5 Å². The van der Waals surface area contributed by atoms with Crippen molar-refractivity contribution in [1.82, 2.24) is 14.9 Å². The molecule has 3 rings (SSSR count). The third kappa shape index (κ3) is 5.55. The molecule has 1 aliphatic carbocycles. The van der Waals surface area contributed by atoms with Gasteiger partial charge in [0, 0.05) is 19.1 Å². The molecule has 1 aliphatic heterocycles. The van der Waals surface area contributed by atoms with Crippen LogP contribution in [0.5, 0.6) is 0 Å². The average Bonchev–Trinajstić information content (AvgIpc) is 2.97. The predicted molar refractivity (Wildman–Crippen MR) is 122 cm³/mol. The van der Waals surface area contributed by atoms with Gasteiger partial charge in [-0.3, -0.25) is 10.1 Å². The highest BCUT2D eigenvalue weighted by atomic mass is 32.2. The van der Waals surface area contributed by atoms with Crippen molar-refractivity contribution in [2.45, 2.75) is 70.9 Å². The summed E-state index contributed by atoms with van der Waals surface area (Å²) >= 11 is 0. The summed E-state index contributed by atoms with van der Waals surface area (Å²) in [4.78, 5) is 36.1. The van der Waals surface area contributed by atoms with E-state index < -0.39 is 34.0 Å². The van der Waals surface area contributed by atoms with Gasteiger partial charge >= 0.3 is 12.0 Å². The van der Waals surface area contributed by atoms with E-state index in [4.69, 9.17) is 4.74 Å². The molecule has 0 aromatic heterocycles. The minimum absolute atomic E-state index is 0.0162. The second-order valence-corrected chi connectivity index (χ2v) is 12.1. The molecule has 2 bridgehead atoms. The number of hydrogen-bond donors (Lipinski definition) is 2. The molecule has 182 valence electrons. The van der Waals surface area contributed by atoms with Gasteiger partial charge in [0.05, 0.1) is 10.5 Å². The topological polar surface area (TPSA) is 122 Å². The molecule has 3 amide bonds. The molecule has 2 aliphatic rings. The second-order valence-electron chi connectivity index (χ2n) is 10.2. The minimum atomic E-state index is -3.81. The maximum atomic E-state index is 13.5. The molecule has 2 N–H and O–H groups in total. The van der Waals surface area contributed by atoms with Gasteiger partial charge in [-0.25, -0.2) is 18.0 Å². The Hall–Kier alpha value is -2.46. The second kappa shape index (κ2) is 9.06. The Balaban J connectivity index is 1.74. The normalized spacial score (nSPS) is 25.2. The molecule has 1 aromatic carbocycles. The van der Waals surface area contributed by atoms with E-state index in [1.165, 1.54) is 31.2 Å². The fourth-order valence-electron chi connectivity index (χ4n) is 5.31. The summed E-state index contributed by atoms with van der Waals surface area (Å²) in [6.45, 7) is 10.3. The third-order valence-corrected chi connectivity index (χ3v) is 8.16. The Labute approximate surface area is 195 Å². The lowest BCUT2D eigenvalue weighted by molar-refractivity contribution is -0.127. The van der Waals surface area contributed by atoms with E-state index in [1.807, 2.05) is 0 Å². The zero-order valence-electron chi connectivity index (χ0n) is 19.8. The lowest BCUT2D eigenvalue weighted by Crippen LogP contribution is -2.44. The first-order valence-electron chi connectivity index (χ1n) is 11.2. The number of fused-ring (bicyclic) bond motifs is 2. The summed E-state index contributed by atoms with van der Waals surface area (Å²) in [7, 11) is -3.81. The number of carbonyl (C=O) groups is 3. The van der Waals surface area contributed by atoms with Crippen molar-refractivity contribution in [3.05, 3.63) is 29.8 Å². The number of nitrogens with one attached hydrogen (secondary N) is 2. The summed E-state index contributed by atoms with van der Waals surface area (Å²) < 4.78 is 33.7. The average molecular weight is 480 g/mol. The largest absolute Gasteiger partial charge is 0.449 e. The van der Waals surface area contributed by atoms with Crippen molar-refractivity contribution in [3.8, 4) is 0 Å². The quantitative estimate of drug-likeness (QED) is 0.605. The molecule has 10 heteroatoms. The van der Waals surface area contributed by atoms with Crippen LogP contribution in [-0.2, 0) is 19.6 Å². The minimum Gasteiger partial charge on any atom is -0.449 e. The number of esters is 1. The molecular formula is C23H33N3O6S. The van der Waals surface area contributed by atoms with Crippen molar-refractivity contribution in [2.24, 2.45) is 10.8 Å². The number of imide groups is 1. The third-order valence-electron chi connectivity index (χ3n) is 6.27. The number of ether oxygens (including phenoxy) is 1.